The highest BCUT2D eigenvalue weighted by Gasteiger charge is 2.30. The first-order valence-electron chi connectivity index (χ1n) is 9.44. The molecule has 0 saturated heterocycles. The second-order valence-electron chi connectivity index (χ2n) is 6.85. The van der Waals surface area contributed by atoms with Crippen molar-refractivity contribution in [3.8, 4) is 0 Å². The minimum atomic E-state index is -4.18. The van der Waals surface area contributed by atoms with Crippen molar-refractivity contribution in [2.75, 3.05) is 18.2 Å². The van der Waals surface area contributed by atoms with Crippen molar-refractivity contribution in [3.05, 3.63) is 0 Å². The van der Waals surface area contributed by atoms with Crippen LogP contribution in [0.4, 0.5) is 0 Å². The third kappa shape index (κ3) is 15.6. The molecule has 4 nitrogen and oxygen atoms in total. The van der Waals surface area contributed by atoms with Crippen molar-refractivity contribution < 1.29 is 18.9 Å². The van der Waals surface area contributed by atoms with Crippen LogP contribution >= 0.6 is 14.7 Å². The summed E-state index contributed by atoms with van der Waals surface area (Å²) >= 11 is 0. The molecule has 0 amide bonds. The van der Waals surface area contributed by atoms with Gasteiger partial charge in [0.05, 0.1) is 7.14 Å². The van der Waals surface area contributed by atoms with E-state index in [2.05, 4.69) is 13.8 Å². The van der Waals surface area contributed by atoms with Gasteiger partial charge in [-0.15, -0.1) is 0 Å². The minimum absolute atomic E-state index is 0.385. The van der Waals surface area contributed by atoms with Crippen LogP contribution in [0.15, 0.2) is 0 Å². The average Bonchev–Trinajstić information content (AvgIpc) is 2.44. The van der Waals surface area contributed by atoms with Gasteiger partial charge in [0, 0.05) is 12.3 Å². The molecule has 0 fully saturated rings. The largest absolute Gasteiger partial charge is 0.332 e. The van der Waals surface area contributed by atoms with Crippen LogP contribution in [0.5, 0.6) is 0 Å². The van der Waals surface area contributed by atoms with Crippen LogP contribution in [0.25, 0.3) is 0 Å². The van der Waals surface area contributed by atoms with Crippen LogP contribution in [-0.4, -0.2) is 28.0 Å². The summed E-state index contributed by atoms with van der Waals surface area (Å²) in [5, 5.41) is 0. The third-order valence-electron chi connectivity index (χ3n) is 4.28. The topological polar surface area (TPSA) is 74.6 Å². The van der Waals surface area contributed by atoms with Gasteiger partial charge in [-0.2, -0.15) is 0 Å². The molecule has 0 aliphatic heterocycles. The molecule has 0 aromatic rings. The van der Waals surface area contributed by atoms with Gasteiger partial charge >= 0.3 is 7.60 Å². The smallest absolute Gasteiger partial charge is 0.324 e. The Morgan fingerprint density at radius 3 is 1.30 bits per heavy atom. The molecule has 0 atom stereocenters. The molecule has 0 aromatic carbocycles. The van der Waals surface area contributed by atoms with Crippen molar-refractivity contribution >= 4 is 14.7 Å². The number of hydrogen-bond donors (Lipinski definition) is 2. The second-order valence-corrected chi connectivity index (χ2v) is 12.3. The van der Waals surface area contributed by atoms with Crippen LogP contribution < -0.4 is 0 Å². The predicted octanol–water partition coefficient (Wildman–Crippen LogP) is 6.21. The normalized spacial score (nSPS) is 12.7. The Morgan fingerprint density at radius 2 is 0.957 bits per heavy atom. The summed E-state index contributed by atoms with van der Waals surface area (Å²) in [5.41, 5.74) is 0. The summed E-state index contributed by atoms with van der Waals surface area (Å²) < 4.78 is 24.2. The zero-order valence-corrected chi connectivity index (χ0v) is 17.0. The number of unbranched alkanes of at least 4 members (excludes halogenated alkanes) is 10. The summed E-state index contributed by atoms with van der Waals surface area (Å²) in [6, 6.07) is 0. The van der Waals surface area contributed by atoms with Crippen LogP contribution in [-0.2, 0) is 9.13 Å². The Morgan fingerprint density at radius 1 is 0.609 bits per heavy atom. The standard InChI is InChI=1S/C17H38O4P2/c1-3-5-7-9-11-13-15-22(18,17-23(19,20)21)16-14-12-10-8-6-4-2/h3-17H2,1-2H3,(H2,19,20,21). The van der Waals surface area contributed by atoms with Gasteiger partial charge < -0.3 is 14.4 Å². The molecule has 23 heavy (non-hydrogen) atoms. The molecule has 0 aromatic heterocycles. The molecule has 0 spiro atoms. The Labute approximate surface area is 143 Å². The van der Waals surface area contributed by atoms with E-state index in [1.165, 1.54) is 38.5 Å². The molecular formula is C17H38O4P2. The van der Waals surface area contributed by atoms with E-state index in [-0.39, 0.29) is 5.90 Å². The number of hydrogen-bond acceptors (Lipinski definition) is 2. The first-order chi connectivity index (χ1) is 10.8. The van der Waals surface area contributed by atoms with Gasteiger partial charge in [-0.3, -0.25) is 4.57 Å². The van der Waals surface area contributed by atoms with Crippen LogP contribution in [0.3, 0.4) is 0 Å². The Kier molecular flexibility index (Phi) is 13.9. The molecule has 6 heteroatoms. The summed E-state index contributed by atoms with van der Waals surface area (Å²) in [6.45, 7) is 4.35. The molecule has 0 aliphatic rings. The Balaban J connectivity index is 4.15. The van der Waals surface area contributed by atoms with Gasteiger partial charge in [0.15, 0.2) is 0 Å². The van der Waals surface area contributed by atoms with Crippen molar-refractivity contribution in [1.82, 2.24) is 0 Å². The SMILES string of the molecule is CCCCCCCCP(=O)(CCCCCCCC)CP(=O)(O)O. The summed E-state index contributed by atoms with van der Waals surface area (Å²) in [7, 11) is -6.90. The predicted molar refractivity (Wildman–Crippen MR) is 101 cm³/mol. The van der Waals surface area contributed by atoms with Crippen molar-refractivity contribution in [3.63, 3.8) is 0 Å². The highest BCUT2D eigenvalue weighted by atomic mass is 31.2. The van der Waals surface area contributed by atoms with Gasteiger partial charge in [0.2, 0.25) is 0 Å². The van der Waals surface area contributed by atoms with E-state index in [1.807, 2.05) is 0 Å². The summed E-state index contributed by atoms with van der Waals surface area (Å²) in [6.07, 6.45) is 14.3. The molecule has 0 saturated carbocycles. The fraction of sp³-hybridized carbons (Fsp3) is 1.00. The van der Waals surface area contributed by atoms with Gasteiger partial charge in [-0.25, -0.2) is 0 Å². The lowest BCUT2D eigenvalue weighted by atomic mass is 10.1. The van der Waals surface area contributed by atoms with Crippen LogP contribution in [0, 0.1) is 0 Å². The molecule has 2 N–H and O–H groups in total. The van der Waals surface area contributed by atoms with E-state index >= 15 is 0 Å². The zero-order valence-electron chi connectivity index (χ0n) is 15.2. The van der Waals surface area contributed by atoms with Gasteiger partial charge in [-0.1, -0.05) is 78.1 Å². The Bertz CT molecular complexity index is 346. The quantitative estimate of drug-likeness (QED) is 0.251. The van der Waals surface area contributed by atoms with E-state index in [0.29, 0.717) is 12.3 Å². The van der Waals surface area contributed by atoms with E-state index in [9.17, 15) is 18.9 Å². The minimum Gasteiger partial charge on any atom is -0.324 e. The van der Waals surface area contributed by atoms with E-state index in [4.69, 9.17) is 0 Å². The first kappa shape index (κ1) is 23.4. The maximum atomic E-state index is 12.9. The third-order valence-corrected chi connectivity index (χ3v) is 10.1. The molecule has 0 radical (unpaired) electrons. The number of rotatable bonds is 16. The van der Waals surface area contributed by atoms with Gasteiger partial charge in [-0.05, 0) is 12.8 Å². The monoisotopic (exact) mass is 368 g/mol. The van der Waals surface area contributed by atoms with Crippen LogP contribution in [0.2, 0.25) is 0 Å². The molecular weight excluding hydrogens is 330 g/mol. The highest BCUT2D eigenvalue weighted by molar-refractivity contribution is 7.76. The molecule has 0 aliphatic carbocycles. The van der Waals surface area contributed by atoms with Gasteiger partial charge in [0.25, 0.3) is 0 Å². The lowest BCUT2D eigenvalue weighted by Gasteiger charge is -2.19. The van der Waals surface area contributed by atoms with Crippen molar-refractivity contribution in [1.29, 1.82) is 0 Å². The highest BCUT2D eigenvalue weighted by Crippen LogP contribution is 2.58. The lowest BCUT2D eigenvalue weighted by Crippen LogP contribution is -2.02. The van der Waals surface area contributed by atoms with E-state index in [0.717, 1.165) is 38.5 Å². The molecule has 140 valence electrons. The maximum Gasteiger partial charge on any atom is 0.332 e. The van der Waals surface area contributed by atoms with E-state index in [1.54, 1.807) is 0 Å². The first-order valence-corrected chi connectivity index (χ1v) is 13.5. The van der Waals surface area contributed by atoms with Crippen molar-refractivity contribution in [2.24, 2.45) is 0 Å². The second kappa shape index (κ2) is 13.6. The molecule has 0 heterocycles. The van der Waals surface area contributed by atoms with Gasteiger partial charge in [0.1, 0.15) is 5.90 Å². The zero-order chi connectivity index (χ0) is 17.6. The molecule has 0 rings (SSSR count). The maximum absolute atomic E-state index is 12.9. The molecule has 0 bridgehead atoms. The average molecular weight is 368 g/mol. The van der Waals surface area contributed by atoms with Crippen molar-refractivity contribution in [2.45, 2.75) is 90.9 Å². The summed E-state index contributed by atoms with van der Waals surface area (Å²) in [4.78, 5) is 18.5. The lowest BCUT2D eigenvalue weighted by molar-refractivity contribution is 0.378. The van der Waals surface area contributed by atoms with Crippen LogP contribution in [0.1, 0.15) is 90.9 Å². The Hall–Kier alpha value is 0.380. The molecule has 0 unspecified atom stereocenters. The summed E-state index contributed by atoms with van der Waals surface area (Å²) in [5.74, 6) is -0.385. The van der Waals surface area contributed by atoms with E-state index < -0.39 is 14.7 Å². The fourth-order valence-corrected chi connectivity index (χ4v) is 8.59. The fourth-order valence-electron chi connectivity index (χ4n) is 2.95.